The first kappa shape index (κ1) is 12.8. The molecule has 1 aromatic rings. The molecule has 1 atom stereocenters. The fourth-order valence-electron chi connectivity index (χ4n) is 2.14. The highest BCUT2D eigenvalue weighted by molar-refractivity contribution is 5.92. The van der Waals surface area contributed by atoms with Gasteiger partial charge in [0, 0.05) is 31.7 Å². The second-order valence-electron chi connectivity index (χ2n) is 4.50. The average molecular weight is 250 g/mol. The number of aromatic amines is 1. The molecular formula is C13H18N2O3. The number of carbonyl (C=O) groups is 1. The van der Waals surface area contributed by atoms with E-state index in [0.717, 1.165) is 19.6 Å². The van der Waals surface area contributed by atoms with Crippen molar-refractivity contribution in [2.24, 2.45) is 5.92 Å². The van der Waals surface area contributed by atoms with E-state index in [2.05, 4.69) is 4.98 Å². The maximum atomic E-state index is 12.2. The lowest BCUT2D eigenvalue weighted by molar-refractivity contribution is 0.0724. The molecule has 0 saturated carbocycles. The second-order valence-corrected chi connectivity index (χ2v) is 4.50. The Morgan fingerprint density at radius 3 is 3.00 bits per heavy atom. The van der Waals surface area contributed by atoms with Crippen LogP contribution in [0.4, 0.5) is 0 Å². The fourth-order valence-corrected chi connectivity index (χ4v) is 2.14. The van der Waals surface area contributed by atoms with Crippen LogP contribution >= 0.6 is 0 Å². The van der Waals surface area contributed by atoms with Crippen LogP contribution in [0.3, 0.4) is 0 Å². The highest BCUT2D eigenvalue weighted by atomic mass is 16.5. The Morgan fingerprint density at radius 1 is 1.56 bits per heavy atom. The first-order valence-electron chi connectivity index (χ1n) is 6.27. The second kappa shape index (κ2) is 5.82. The molecule has 0 spiro atoms. The van der Waals surface area contributed by atoms with Crippen LogP contribution in [0.15, 0.2) is 23.0 Å². The summed E-state index contributed by atoms with van der Waals surface area (Å²) in [5.41, 5.74) is 0.101. The normalized spacial score (nSPS) is 18.8. The Morgan fingerprint density at radius 2 is 2.39 bits per heavy atom. The zero-order chi connectivity index (χ0) is 13.0. The maximum absolute atomic E-state index is 12.2. The molecule has 1 aliphatic rings. The molecule has 98 valence electrons. The van der Waals surface area contributed by atoms with Crippen LogP contribution in [-0.4, -0.2) is 42.1 Å². The molecule has 18 heavy (non-hydrogen) atoms. The lowest BCUT2D eigenvalue weighted by Crippen LogP contribution is -2.36. The number of pyridine rings is 1. The van der Waals surface area contributed by atoms with Crippen molar-refractivity contribution in [3.8, 4) is 0 Å². The summed E-state index contributed by atoms with van der Waals surface area (Å²) in [5.74, 6) is 0.284. The van der Waals surface area contributed by atoms with Crippen molar-refractivity contribution in [1.82, 2.24) is 9.88 Å². The number of hydrogen-bond donors (Lipinski definition) is 1. The molecule has 5 heteroatoms. The first-order chi connectivity index (χ1) is 8.70. The van der Waals surface area contributed by atoms with Crippen LogP contribution in [0.2, 0.25) is 0 Å². The summed E-state index contributed by atoms with van der Waals surface area (Å²) >= 11 is 0. The Kier molecular flexibility index (Phi) is 4.15. The largest absolute Gasteiger partial charge is 0.381 e. The number of nitrogens with zero attached hydrogens (tertiary/aromatic N) is 1. The van der Waals surface area contributed by atoms with Crippen molar-refractivity contribution in [2.75, 3.05) is 26.3 Å². The zero-order valence-corrected chi connectivity index (χ0v) is 10.5. The molecule has 2 rings (SSSR count). The maximum Gasteiger partial charge on any atom is 0.270 e. The third-order valence-corrected chi connectivity index (χ3v) is 3.17. The van der Waals surface area contributed by atoms with Gasteiger partial charge in [-0.05, 0) is 19.4 Å². The van der Waals surface area contributed by atoms with Crippen molar-refractivity contribution in [3.05, 3.63) is 34.2 Å². The van der Waals surface area contributed by atoms with Crippen LogP contribution in [0.25, 0.3) is 0 Å². The summed E-state index contributed by atoms with van der Waals surface area (Å²) in [6.45, 7) is 4.75. The van der Waals surface area contributed by atoms with Gasteiger partial charge in [-0.1, -0.05) is 6.07 Å². The summed E-state index contributed by atoms with van der Waals surface area (Å²) in [7, 11) is 0. The number of H-pyrrole nitrogens is 1. The Balaban J connectivity index is 2.07. The van der Waals surface area contributed by atoms with Crippen LogP contribution in [0.1, 0.15) is 23.8 Å². The van der Waals surface area contributed by atoms with Gasteiger partial charge in [0.05, 0.1) is 6.61 Å². The molecule has 0 aromatic carbocycles. The predicted octanol–water partition coefficient (Wildman–Crippen LogP) is 0.873. The van der Waals surface area contributed by atoms with Crippen molar-refractivity contribution < 1.29 is 9.53 Å². The zero-order valence-electron chi connectivity index (χ0n) is 10.5. The number of aromatic nitrogens is 1. The topological polar surface area (TPSA) is 62.4 Å². The monoisotopic (exact) mass is 250 g/mol. The predicted molar refractivity (Wildman–Crippen MR) is 67.6 cm³/mol. The summed E-state index contributed by atoms with van der Waals surface area (Å²) in [6, 6.07) is 4.63. The van der Waals surface area contributed by atoms with Gasteiger partial charge in [-0.25, -0.2) is 0 Å². The number of hydrogen-bond acceptors (Lipinski definition) is 3. The van der Waals surface area contributed by atoms with Crippen molar-refractivity contribution >= 4 is 5.91 Å². The first-order valence-corrected chi connectivity index (χ1v) is 6.27. The van der Waals surface area contributed by atoms with E-state index in [1.165, 1.54) is 6.07 Å². The van der Waals surface area contributed by atoms with Gasteiger partial charge in [-0.2, -0.15) is 0 Å². The van der Waals surface area contributed by atoms with E-state index in [4.69, 9.17) is 4.74 Å². The van der Waals surface area contributed by atoms with Gasteiger partial charge in [0.1, 0.15) is 5.69 Å². The molecule has 1 aliphatic heterocycles. The Bertz CT molecular complexity index is 463. The van der Waals surface area contributed by atoms with E-state index in [-0.39, 0.29) is 11.5 Å². The van der Waals surface area contributed by atoms with Crippen LogP contribution in [0.5, 0.6) is 0 Å². The Hall–Kier alpha value is -1.62. The molecule has 0 aliphatic carbocycles. The molecule has 0 bridgehead atoms. The molecule has 1 amide bonds. The van der Waals surface area contributed by atoms with Crippen LogP contribution in [-0.2, 0) is 4.74 Å². The van der Waals surface area contributed by atoms with Gasteiger partial charge in [0.15, 0.2) is 0 Å². The van der Waals surface area contributed by atoms with Gasteiger partial charge in [-0.3, -0.25) is 9.59 Å². The van der Waals surface area contributed by atoms with Gasteiger partial charge >= 0.3 is 0 Å². The number of carbonyl (C=O) groups excluding carboxylic acids is 1. The molecule has 0 radical (unpaired) electrons. The van der Waals surface area contributed by atoms with E-state index >= 15 is 0 Å². The van der Waals surface area contributed by atoms with Gasteiger partial charge < -0.3 is 14.6 Å². The van der Waals surface area contributed by atoms with E-state index in [9.17, 15) is 9.59 Å². The highest BCUT2D eigenvalue weighted by Gasteiger charge is 2.22. The van der Waals surface area contributed by atoms with Gasteiger partial charge in [0.25, 0.3) is 5.91 Å². The minimum Gasteiger partial charge on any atom is -0.381 e. The molecule has 1 fully saturated rings. The molecule has 1 aromatic heterocycles. The summed E-state index contributed by atoms with van der Waals surface area (Å²) in [5, 5.41) is 0. The quantitative estimate of drug-likeness (QED) is 0.862. The Labute approximate surface area is 106 Å². The number of ether oxygens (including phenoxy) is 1. The van der Waals surface area contributed by atoms with Crippen molar-refractivity contribution in [3.63, 3.8) is 0 Å². The summed E-state index contributed by atoms with van der Waals surface area (Å²) in [6.07, 6.45) is 0.995. The van der Waals surface area contributed by atoms with Gasteiger partial charge in [-0.15, -0.1) is 0 Å². The number of nitrogens with one attached hydrogen (secondary N) is 1. The third-order valence-electron chi connectivity index (χ3n) is 3.17. The fraction of sp³-hybridized carbons (Fsp3) is 0.538. The van der Waals surface area contributed by atoms with Gasteiger partial charge in [0.2, 0.25) is 5.56 Å². The van der Waals surface area contributed by atoms with E-state index in [1.807, 2.05) is 6.92 Å². The van der Waals surface area contributed by atoms with Crippen molar-refractivity contribution in [2.45, 2.75) is 13.3 Å². The molecular weight excluding hydrogens is 232 g/mol. The number of amides is 1. The number of rotatable bonds is 4. The van der Waals surface area contributed by atoms with E-state index < -0.39 is 0 Å². The minimum atomic E-state index is -0.249. The highest BCUT2D eigenvalue weighted by Crippen LogP contribution is 2.14. The van der Waals surface area contributed by atoms with E-state index in [1.54, 1.807) is 17.0 Å². The minimum absolute atomic E-state index is 0.123. The standard InChI is InChI=1S/C13H18N2O3/c1-2-15(8-10-6-7-18-9-10)13(17)11-4-3-5-12(16)14-11/h3-5,10H,2,6-9H2,1H3,(H,14,16). The lowest BCUT2D eigenvalue weighted by atomic mass is 10.1. The molecule has 1 unspecified atom stereocenters. The van der Waals surface area contributed by atoms with Crippen molar-refractivity contribution in [1.29, 1.82) is 0 Å². The molecule has 1 N–H and O–H groups in total. The molecule has 1 saturated heterocycles. The molecule has 2 heterocycles. The van der Waals surface area contributed by atoms with Crippen LogP contribution in [0, 0.1) is 5.92 Å². The third kappa shape index (κ3) is 2.98. The molecule has 5 nitrogen and oxygen atoms in total. The average Bonchev–Trinajstić information content (AvgIpc) is 2.88. The summed E-state index contributed by atoms with van der Waals surface area (Å²) in [4.78, 5) is 27.8. The smallest absolute Gasteiger partial charge is 0.270 e. The summed E-state index contributed by atoms with van der Waals surface area (Å²) < 4.78 is 5.31. The van der Waals surface area contributed by atoms with E-state index in [0.29, 0.717) is 24.7 Å². The van der Waals surface area contributed by atoms with Crippen LogP contribution < -0.4 is 5.56 Å². The SMILES string of the molecule is CCN(CC1CCOC1)C(=O)c1cccc(=O)[nH]1. The lowest BCUT2D eigenvalue weighted by Gasteiger charge is -2.23.